The molecule has 0 aliphatic carbocycles. The molecule has 0 aromatic carbocycles. The van der Waals surface area contributed by atoms with E-state index < -0.39 is 0 Å². The fraction of sp³-hybridized carbons (Fsp3) is 0.444. The summed E-state index contributed by atoms with van der Waals surface area (Å²) in [6.07, 6.45) is 5.77. The minimum Gasteiger partial charge on any atom is -0.449 e. The Hall–Kier alpha value is -1.25. The predicted molar refractivity (Wildman–Crippen MR) is 49.0 cm³/mol. The Balaban J connectivity index is 3.24. The molecule has 12 heavy (non-hydrogen) atoms. The molecule has 0 atom stereocenters. The predicted octanol–water partition coefficient (Wildman–Crippen LogP) is 1.86. The van der Waals surface area contributed by atoms with Crippen molar-refractivity contribution in [2.45, 2.75) is 13.3 Å². The molecular formula is C9H15NO2. The summed E-state index contributed by atoms with van der Waals surface area (Å²) >= 11 is 0. The van der Waals surface area contributed by atoms with Crippen molar-refractivity contribution in [2.24, 2.45) is 0 Å². The standard InChI is InChI=1S/C9H15NO2/c1-3-5-6-7-8-12-9(11)10-4-2/h3,5-6H,1,4,7-8H2,2H3,(H,10,11)/b6-5+. The van der Waals surface area contributed by atoms with Crippen LogP contribution in [-0.4, -0.2) is 19.2 Å². The SMILES string of the molecule is C=C/C=C/CCOC(=O)NCC. The molecule has 0 rings (SSSR count). The van der Waals surface area contributed by atoms with E-state index in [1.165, 1.54) is 0 Å². The monoisotopic (exact) mass is 169 g/mol. The van der Waals surface area contributed by atoms with Crippen LogP contribution in [0, 0.1) is 0 Å². The normalized spacial score (nSPS) is 9.75. The highest BCUT2D eigenvalue weighted by atomic mass is 16.5. The molecule has 3 heteroatoms. The topological polar surface area (TPSA) is 38.3 Å². The number of carbonyl (C=O) groups is 1. The molecule has 0 saturated carbocycles. The smallest absolute Gasteiger partial charge is 0.407 e. The lowest BCUT2D eigenvalue weighted by molar-refractivity contribution is 0.149. The number of rotatable bonds is 5. The van der Waals surface area contributed by atoms with Crippen LogP contribution in [0.15, 0.2) is 24.8 Å². The molecule has 0 radical (unpaired) electrons. The van der Waals surface area contributed by atoms with E-state index in [0.29, 0.717) is 13.2 Å². The number of amides is 1. The van der Waals surface area contributed by atoms with Crippen LogP contribution in [0.25, 0.3) is 0 Å². The second-order valence-electron chi connectivity index (χ2n) is 2.12. The summed E-state index contributed by atoms with van der Waals surface area (Å²) in [5.41, 5.74) is 0. The molecule has 0 spiro atoms. The zero-order chi connectivity index (χ0) is 9.23. The van der Waals surface area contributed by atoms with Crippen LogP contribution in [0.4, 0.5) is 4.79 Å². The van der Waals surface area contributed by atoms with Crippen molar-refractivity contribution in [2.75, 3.05) is 13.2 Å². The van der Waals surface area contributed by atoms with E-state index in [2.05, 4.69) is 11.9 Å². The molecular weight excluding hydrogens is 154 g/mol. The molecule has 0 aliphatic heterocycles. The second kappa shape index (κ2) is 7.85. The third kappa shape index (κ3) is 6.86. The van der Waals surface area contributed by atoms with Crippen molar-refractivity contribution in [1.82, 2.24) is 5.32 Å². The summed E-state index contributed by atoms with van der Waals surface area (Å²) in [7, 11) is 0. The fourth-order valence-corrected chi connectivity index (χ4v) is 0.607. The number of ether oxygens (including phenoxy) is 1. The van der Waals surface area contributed by atoms with Crippen LogP contribution in [0.1, 0.15) is 13.3 Å². The molecule has 0 unspecified atom stereocenters. The van der Waals surface area contributed by atoms with Gasteiger partial charge in [0.05, 0.1) is 6.61 Å². The molecule has 1 amide bonds. The van der Waals surface area contributed by atoms with Gasteiger partial charge in [-0.3, -0.25) is 0 Å². The maximum absolute atomic E-state index is 10.7. The summed E-state index contributed by atoms with van der Waals surface area (Å²) < 4.78 is 4.79. The van der Waals surface area contributed by atoms with Gasteiger partial charge in [0, 0.05) is 6.54 Å². The van der Waals surface area contributed by atoms with Crippen LogP contribution in [-0.2, 0) is 4.74 Å². The molecule has 3 nitrogen and oxygen atoms in total. The third-order valence-electron chi connectivity index (χ3n) is 1.11. The van der Waals surface area contributed by atoms with Gasteiger partial charge in [-0.2, -0.15) is 0 Å². The van der Waals surface area contributed by atoms with Crippen molar-refractivity contribution >= 4 is 6.09 Å². The molecule has 0 saturated heterocycles. The van der Waals surface area contributed by atoms with E-state index in [9.17, 15) is 4.79 Å². The Morgan fingerprint density at radius 2 is 2.42 bits per heavy atom. The maximum Gasteiger partial charge on any atom is 0.407 e. The van der Waals surface area contributed by atoms with Gasteiger partial charge in [0.25, 0.3) is 0 Å². The van der Waals surface area contributed by atoms with Crippen LogP contribution in [0.3, 0.4) is 0 Å². The molecule has 0 bridgehead atoms. The first kappa shape index (κ1) is 10.8. The molecule has 0 heterocycles. The number of hydrogen-bond acceptors (Lipinski definition) is 2. The highest BCUT2D eigenvalue weighted by Gasteiger charge is 1.95. The average molecular weight is 169 g/mol. The summed E-state index contributed by atoms with van der Waals surface area (Å²) in [4.78, 5) is 10.7. The van der Waals surface area contributed by atoms with Crippen LogP contribution in [0.2, 0.25) is 0 Å². The zero-order valence-electron chi connectivity index (χ0n) is 7.38. The fourth-order valence-electron chi connectivity index (χ4n) is 0.607. The van der Waals surface area contributed by atoms with Gasteiger partial charge in [-0.25, -0.2) is 4.79 Å². The van der Waals surface area contributed by atoms with Gasteiger partial charge in [0.2, 0.25) is 0 Å². The molecule has 1 N–H and O–H groups in total. The average Bonchev–Trinajstić information content (AvgIpc) is 2.05. The van der Waals surface area contributed by atoms with Gasteiger partial charge >= 0.3 is 6.09 Å². The zero-order valence-corrected chi connectivity index (χ0v) is 7.38. The highest BCUT2D eigenvalue weighted by molar-refractivity contribution is 5.66. The number of hydrogen-bond donors (Lipinski definition) is 1. The highest BCUT2D eigenvalue weighted by Crippen LogP contribution is 1.86. The first-order valence-corrected chi connectivity index (χ1v) is 3.99. The van der Waals surface area contributed by atoms with Crippen LogP contribution in [0.5, 0.6) is 0 Å². The molecule has 0 aromatic heterocycles. The van der Waals surface area contributed by atoms with Gasteiger partial charge in [0.15, 0.2) is 0 Å². The van der Waals surface area contributed by atoms with Gasteiger partial charge in [-0.1, -0.05) is 24.8 Å². The largest absolute Gasteiger partial charge is 0.449 e. The summed E-state index contributed by atoms with van der Waals surface area (Å²) in [6, 6.07) is 0. The number of allylic oxidation sites excluding steroid dienone is 2. The molecule has 0 fully saturated rings. The summed E-state index contributed by atoms with van der Waals surface area (Å²) in [5.74, 6) is 0. The molecule has 68 valence electrons. The van der Waals surface area contributed by atoms with Crippen molar-refractivity contribution in [1.29, 1.82) is 0 Å². The van der Waals surface area contributed by atoms with Crippen molar-refractivity contribution in [3.63, 3.8) is 0 Å². The first-order chi connectivity index (χ1) is 5.81. The first-order valence-electron chi connectivity index (χ1n) is 3.99. The molecule has 0 aliphatic rings. The van der Waals surface area contributed by atoms with Crippen molar-refractivity contribution < 1.29 is 9.53 Å². The lowest BCUT2D eigenvalue weighted by atomic mass is 10.4. The van der Waals surface area contributed by atoms with Crippen molar-refractivity contribution in [3.05, 3.63) is 24.8 Å². The Labute approximate surface area is 73.1 Å². The summed E-state index contributed by atoms with van der Waals surface area (Å²) in [6.45, 7) is 6.37. The lowest BCUT2D eigenvalue weighted by Gasteiger charge is -2.02. The minimum atomic E-state index is -0.357. The Kier molecular flexibility index (Phi) is 7.03. The quantitative estimate of drug-likeness (QED) is 0.504. The second-order valence-corrected chi connectivity index (χ2v) is 2.12. The van der Waals surface area contributed by atoms with E-state index in [1.807, 2.05) is 19.1 Å². The van der Waals surface area contributed by atoms with E-state index in [-0.39, 0.29) is 6.09 Å². The number of alkyl carbamates (subject to hydrolysis) is 1. The van der Waals surface area contributed by atoms with Gasteiger partial charge in [-0.15, -0.1) is 0 Å². The Morgan fingerprint density at radius 1 is 1.67 bits per heavy atom. The number of nitrogens with one attached hydrogen (secondary N) is 1. The van der Waals surface area contributed by atoms with Gasteiger partial charge in [-0.05, 0) is 13.3 Å². The van der Waals surface area contributed by atoms with Gasteiger partial charge in [0.1, 0.15) is 0 Å². The van der Waals surface area contributed by atoms with E-state index in [1.54, 1.807) is 6.08 Å². The van der Waals surface area contributed by atoms with Crippen LogP contribution < -0.4 is 5.32 Å². The lowest BCUT2D eigenvalue weighted by Crippen LogP contribution is -2.23. The Morgan fingerprint density at radius 3 is 3.00 bits per heavy atom. The third-order valence-corrected chi connectivity index (χ3v) is 1.11. The van der Waals surface area contributed by atoms with Crippen LogP contribution >= 0.6 is 0 Å². The molecule has 0 aromatic rings. The van der Waals surface area contributed by atoms with E-state index >= 15 is 0 Å². The summed E-state index contributed by atoms with van der Waals surface area (Å²) in [5, 5.41) is 2.53. The van der Waals surface area contributed by atoms with Gasteiger partial charge < -0.3 is 10.1 Å². The Bertz CT molecular complexity index is 164. The van der Waals surface area contributed by atoms with Crippen molar-refractivity contribution in [3.8, 4) is 0 Å². The number of carbonyl (C=O) groups excluding carboxylic acids is 1. The minimum absolute atomic E-state index is 0.357. The maximum atomic E-state index is 10.7. The van der Waals surface area contributed by atoms with E-state index in [0.717, 1.165) is 6.42 Å². The van der Waals surface area contributed by atoms with E-state index in [4.69, 9.17) is 4.74 Å².